The van der Waals surface area contributed by atoms with Gasteiger partial charge >= 0.3 is 5.97 Å². The molecule has 4 heteroatoms. The first kappa shape index (κ1) is 9.77. The van der Waals surface area contributed by atoms with Crippen LogP contribution in [0.25, 0.3) is 0 Å². The van der Waals surface area contributed by atoms with Gasteiger partial charge in [0, 0.05) is 12.0 Å². The van der Waals surface area contributed by atoms with Crippen molar-refractivity contribution in [3.63, 3.8) is 0 Å². The van der Waals surface area contributed by atoms with Crippen molar-refractivity contribution in [1.82, 2.24) is 5.16 Å². The van der Waals surface area contributed by atoms with Gasteiger partial charge in [-0.3, -0.25) is 4.79 Å². The van der Waals surface area contributed by atoms with Crippen LogP contribution in [0.3, 0.4) is 0 Å². The maximum atomic E-state index is 10.7. The van der Waals surface area contributed by atoms with Crippen molar-refractivity contribution in [3.8, 4) is 0 Å². The molecule has 0 aromatic carbocycles. The van der Waals surface area contributed by atoms with Crippen molar-refractivity contribution < 1.29 is 14.1 Å². The van der Waals surface area contributed by atoms with E-state index in [1.165, 1.54) is 0 Å². The Morgan fingerprint density at radius 1 is 1.69 bits per heavy atom. The Morgan fingerprint density at radius 2 is 2.54 bits per heavy atom. The van der Waals surface area contributed by atoms with Gasteiger partial charge in [0.05, 0.1) is 12.8 Å². The molecule has 4 nitrogen and oxygen atoms in total. The SMILES string of the molecule is [CH2]CC(=O)OCCCc1cnoc1. The Hall–Kier alpha value is -1.32. The highest BCUT2D eigenvalue weighted by molar-refractivity contribution is 5.69. The lowest BCUT2D eigenvalue weighted by Crippen LogP contribution is -2.04. The molecule has 0 fully saturated rings. The number of aryl methyl sites for hydroxylation is 1. The molecule has 0 aliphatic rings. The summed E-state index contributed by atoms with van der Waals surface area (Å²) < 4.78 is 9.48. The lowest BCUT2D eigenvalue weighted by atomic mass is 10.2. The quantitative estimate of drug-likeness (QED) is 0.510. The van der Waals surface area contributed by atoms with Crippen LogP contribution in [0.15, 0.2) is 17.0 Å². The third kappa shape index (κ3) is 3.73. The molecule has 1 aromatic heterocycles. The zero-order valence-electron chi connectivity index (χ0n) is 7.36. The van der Waals surface area contributed by atoms with Gasteiger partial charge in [0.1, 0.15) is 6.26 Å². The summed E-state index contributed by atoms with van der Waals surface area (Å²) in [6, 6.07) is 0. The van der Waals surface area contributed by atoms with E-state index in [4.69, 9.17) is 4.74 Å². The number of hydrogen-bond acceptors (Lipinski definition) is 4. The van der Waals surface area contributed by atoms with E-state index in [1.807, 2.05) is 0 Å². The Labute approximate surface area is 76.9 Å². The van der Waals surface area contributed by atoms with Crippen LogP contribution in [0.5, 0.6) is 0 Å². The number of rotatable bonds is 5. The van der Waals surface area contributed by atoms with Gasteiger partial charge in [0.2, 0.25) is 0 Å². The van der Waals surface area contributed by atoms with Gasteiger partial charge in [0.15, 0.2) is 0 Å². The van der Waals surface area contributed by atoms with E-state index in [0.717, 1.165) is 18.4 Å². The molecular weight excluding hydrogens is 170 g/mol. The van der Waals surface area contributed by atoms with Gasteiger partial charge in [0.25, 0.3) is 0 Å². The van der Waals surface area contributed by atoms with Crippen LogP contribution in [0.4, 0.5) is 0 Å². The van der Waals surface area contributed by atoms with Crippen molar-refractivity contribution in [2.24, 2.45) is 0 Å². The molecule has 0 amide bonds. The predicted molar refractivity (Wildman–Crippen MR) is 45.8 cm³/mol. The summed E-state index contributed by atoms with van der Waals surface area (Å²) in [6.07, 6.45) is 5.03. The molecule has 0 saturated heterocycles. The standard InChI is InChI=1S/C9H12NO3/c1-2-9(11)12-5-3-4-8-6-10-13-7-8/h6-7H,1-5H2. The summed E-state index contributed by atoms with van der Waals surface area (Å²) in [5.41, 5.74) is 1.02. The highest BCUT2D eigenvalue weighted by atomic mass is 16.5. The molecular formula is C9H12NO3. The zero-order valence-corrected chi connectivity index (χ0v) is 7.36. The van der Waals surface area contributed by atoms with Crippen molar-refractivity contribution in [2.75, 3.05) is 6.61 Å². The van der Waals surface area contributed by atoms with E-state index >= 15 is 0 Å². The summed E-state index contributed by atoms with van der Waals surface area (Å²) >= 11 is 0. The average molecular weight is 182 g/mol. The van der Waals surface area contributed by atoms with E-state index in [2.05, 4.69) is 16.6 Å². The monoisotopic (exact) mass is 182 g/mol. The summed E-state index contributed by atoms with van der Waals surface area (Å²) in [6.45, 7) is 3.84. The minimum atomic E-state index is -0.259. The average Bonchev–Trinajstić information content (AvgIpc) is 2.64. The van der Waals surface area contributed by atoms with Gasteiger partial charge < -0.3 is 9.26 Å². The normalized spacial score (nSPS) is 9.92. The number of esters is 1. The minimum absolute atomic E-state index is 0.188. The number of nitrogens with zero attached hydrogens (tertiary/aromatic N) is 1. The molecule has 0 spiro atoms. The lowest BCUT2D eigenvalue weighted by Gasteiger charge is -2.00. The molecule has 0 saturated carbocycles. The molecule has 71 valence electrons. The van der Waals surface area contributed by atoms with Crippen LogP contribution >= 0.6 is 0 Å². The zero-order chi connectivity index (χ0) is 9.52. The fraction of sp³-hybridized carbons (Fsp3) is 0.444. The Bertz CT molecular complexity index is 243. The number of aromatic nitrogens is 1. The van der Waals surface area contributed by atoms with Gasteiger partial charge in [-0.15, -0.1) is 0 Å². The van der Waals surface area contributed by atoms with Crippen LogP contribution in [0.1, 0.15) is 18.4 Å². The molecule has 0 aliphatic carbocycles. The lowest BCUT2D eigenvalue weighted by molar-refractivity contribution is -0.142. The van der Waals surface area contributed by atoms with Crippen molar-refractivity contribution >= 4 is 5.97 Å². The molecule has 0 unspecified atom stereocenters. The van der Waals surface area contributed by atoms with Gasteiger partial charge in [-0.05, 0) is 19.8 Å². The van der Waals surface area contributed by atoms with Crippen molar-refractivity contribution in [2.45, 2.75) is 19.3 Å². The topological polar surface area (TPSA) is 52.3 Å². The Morgan fingerprint density at radius 3 is 3.15 bits per heavy atom. The van der Waals surface area contributed by atoms with Crippen molar-refractivity contribution in [3.05, 3.63) is 24.9 Å². The summed E-state index contributed by atoms with van der Waals surface area (Å²) in [4.78, 5) is 10.7. The van der Waals surface area contributed by atoms with Crippen LogP contribution in [-0.4, -0.2) is 17.7 Å². The third-order valence-electron chi connectivity index (χ3n) is 1.56. The smallest absolute Gasteiger partial charge is 0.305 e. The number of carbonyl (C=O) groups excluding carboxylic acids is 1. The fourth-order valence-electron chi connectivity index (χ4n) is 0.885. The molecule has 13 heavy (non-hydrogen) atoms. The van der Waals surface area contributed by atoms with Crippen LogP contribution in [0.2, 0.25) is 0 Å². The van der Waals surface area contributed by atoms with E-state index in [9.17, 15) is 4.79 Å². The minimum Gasteiger partial charge on any atom is -0.466 e. The Kier molecular flexibility index (Phi) is 4.02. The highest BCUT2D eigenvalue weighted by Gasteiger charge is 1.99. The second kappa shape index (κ2) is 5.35. The fourth-order valence-corrected chi connectivity index (χ4v) is 0.885. The second-order valence-electron chi connectivity index (χ2n) is 2.61. The van der Waals surface area contributed by atoms with E-state index < -0.39 is 0 Å². The molecule has 0 bridgehead atoms. The third-order valence-corrected chi connectivity index (χ3v) is 1.56. The molecule has 0 N–H and O–H groups in total. The summed E-state index contributed by atoms with van der Waals surface area (Å²) in [5, 5.41) is 3.56. The largest absolute Gasteiger partial charge is 0.466 e. The second-order valence-corrected chi connectivity index (χ2v) is 2.61. The maximum Gasteiger partial charge on any atom is 0.305 e. The number of ether oxygens (including phenoxy) is 1. The van der Waals surface area contributed by atoms with E-state index in [1.54, 1.807) is 12.5 Å². The van der Waals surface area contributed by atoms with E-state index in [0.29, 0.717) is 6.61 Å². The van der Waals surface area contributed by atoms with Crippen molar-refractivity contribution in [1.29, 1.82) is 0 Å². The van der Waals surface area contributed by atoms with E-state index in [-0.39, 0.29) is 12.4 Å². The first-order chi connectivity index (χ1) is 6.33. The highest BCUT2D eigenvalue weighted by Crippen LogP contribution is 2.01. The molecule has 1 radical (unpaired) electrons. The maximum absolute atomic E-state index is 10.7. The number of carbonyl (C=O) groups is 1. The van der Waals surface area contributed by atoms with Gasteiger partial charge in [-0.1, -0.05) is 5.16 Å². The summed E-state index contributed by atoms with van der Waals surface area (Å²) in [5.74, 6) is -0.259. The molecule has 1 rings (SSSR count). The van der Waals surface area contributed by atoms with Crippen LogP contribution in [-0.2, 0) is 16.0 Å². The molecule has 0 atom stereocenters. The molecule has 1 aromatic rings. The first-order valence-electron chi connectivity index (χ1n) is 4.16. The first-order valence-corrected chi connectivity index (χ1v) is 4.16. The molecule has 1 heterocycles. The Balaban J connectivity index is 2.05. The summed E-state index contributed by atoms with van der Waals surface area (Å²) in [7, 11) is 0. The van der Waals surface area contributed by atoms with Gasteiger partial charge in [-0.2, -0.15) is 0 Å². The predicted octanol–water partition coefficient (Wildman–Crippen LogP) is 1.37. The van der Waals surface area contributed by atoms with Gasteiger partial charge in [-0.25, -0.2) is 0 Å². The van der Waals surface area contributed by atoms with Crippen LogP contribution < -0.4 is 0 Å². The number of hydrogen-bond donors (Lipinski definition) is 0. The van der Waals surface area contributed by atoms with Crippen LogP contribution in [0, 0.1) is 6.92 Å². The molecule has 0 aliphatic heterocycles.